The summed E-state index contributed by atoms with van der Waals surface area (Å²) in [5, 5.41) is 15.6. The molecular formula is C14H18N6. The summed E-state index contributed by atoms with van der Waals surface area (Å²) < 4.78 is 0. The maximum Gasteiger partial charge on any atom is 0.162 e. The highest BCUT2D eigenvalue weighted by atomic mass is 15.3. The maximum absolute atomic E-state index is 7.63. The predicted octanol–water partition coefficient (Wildman–Crippen LogP) is 1.49. The van der Waals surface area contributed by atoms with Crippen molar-refractivity contribution >= 4 is 11.7 Å². The Morgan fingerprint density at radius 1 is 1.35 bits per heavy atom. The molecule has 0 saturated heterocycles. The van der Waals surface area contributed by atoms with Gasteiger partial charge in [-0.3, -0.25) is 10.4 Å². The van der Waals surface area contributed by atoms with Gasteiger partial charge in [-0.2, -0.15) is 5.10 Å². The minimum absolute atomic E-state index is 0.00875. The number of nitrogens with zero attached hydrogens (tertiary/aromatic N) is 4. The molecule has 0 saturated carbocycles. The van der Waals surface area contributed by atoms with E-state index in [1.165, 1.54) is 0 Å². The molecule has 6 nitrogen and oxygen atoms in total. The SMILES string of the molecule is CCN(Cc1cccc(C)n1)c1nnccc1C(=N)N. The van der Waals surface area contributed by atoms with Crippen molar-refractivity contribution in [3.63, 3.8) is 0 Å². The van der Waals surface area contributed by atoms with Crippen molar-refractivity contribution in [1.82, 2.24) is 15.2 Å². The quantitative estimate of drug-likeness (QED) is 0.634. The number of rotatable bonds is 5. The highest BCUT2D eigenvalue weighted by molar-refractivity contribution is 5.99. The Morgan fingerprint density at radius 2 is 2.15 bits per heavy atom. The van der Waals surface area contributed by atoms with Crippen LogP contribution in [0.5, 0.6) is 0 Å². The van der Waals surface area contributed by atoms with Gasteiger partial charge in [0, 0.05) is 12.2 Å². The normalized spacial score (nSPS) is 10.3. The summed E-state index contributed by atoms with van der Waals surface area (Å²) in [6.45, 7) is 5.32. The maximum atomic E-state index is 7.63. The van der Waals surface area contributed by atoms with Gasteiger partial charge < -0.3 is 10.6 Å². The molecule has 104 valence electrons. The van der Waals surface area contributed by atoms with Crippen molar-refractivity contribution in [1.29, 1.82) is 5.41 Å². The zero-order valence-corrected chi connectivity index (χ0v) is 11.7. The number of aromatic nitrogens is 3. The lowest BCUT2D eigenvalue weighted by Gasteiger charge is -2.23. The lowest BCUT2D eigenvalue weighted by Crippen LogP contribution is -2.27. The van der Waals surface area contributed by atoms with E-state index in [0.717, 1.165) is 17.9 Å². The van der Waals surface area contributed by atoms with Crippen molar-refractivity contribution in [2.24, 2.45) is 5.73 Å². The molecule has 2 heterocycles. The first kappa shape index (κ1) is 13.9. The lowest BCUT2D eigenvalue weighted by molar-refractivity contribution is 0.775. The molecule has 2 rings (SSSR count). The van der Waals surface area contributed by atoms with Gasteiger partial charge in [-0.1, -0.05) is 6.07 Å². The largest absolute Gasteiger partial charge is 0.384 e. The molecule has 2 aromatic heterocycles. The Balaban J connectivity index is 2.31. The summed E-state index contributed by atoms with van der Waals surface area (Å²) in [5.74, 6) is 0.608. The Kier molecular flexibility index (Phi) is 4.24. The van der Waals surface area contributed by atoms with E-state index in [1.807, 2.05) is 36.9 Å². The topological polar surface area (TPSA) is 91.8 Å². The molecule has 20 heavy (non-hydrogen) atoms. The molecule has 0 radical (unpaired) electrons. The third kappa shape index (κ3) is 3.09. The standard InChI is InChI=1S/C14H18N6/c1-3-20(9-11-6-4-5-10(2)18-11)14-12(13(15)16)7-8-17-19-14/h4-8H,3,9H2,1-2H3,(H3,15,16). The van der Waals surface area contributed by atoms with E-state index in [1.54, 1.807) is 12.3 Å². The van der Waals surface area contributed by atoms with Crippen LogP contribution in [0.25, 0.3) is 0 Å². The molecule has 3 N–H and O–H groups in total. The predicted molar refractivity (Wildman–Crippen MR) is 78.7 cm³/mol. The van der Waals surface area contributed by atoms with E-state index in [9.17, 15) is 0 Å². The molecule has 0 aliphatic rings. The fraction of sp³-hybridized carbons (Fsp3) is 0.286. The van der Waals surface area contributed by atoms with E-state index in [4.69, 9.17) is 11.1 Å². The first-order valence-electron chi connectivity index (χ1n) is 6.45. The van der Waals surface area contributed by atoms with Crippen LogP contribution >= 0.6 is 0 Å². The number of hydrogen-bond acceptors (Lipinski definition) is 5. The van der Waals surface area contributed by atoms with Crippen LogP contribution in [-0.4, -0.2) is 27.6 Å². The third-order valence-corrected chi connectivity index (χ3v) is 2.97. The van der Waals surface area contributed by atoms with Gasteiger partial charge in [0.15, 0.2) is 5.82 Å². The molecule has 0 atom stereocenters. The number of hydrogen-bond donors (Lipinski definition) is 2. The van der Waals surface area contributed by atoms with Crippen molar-refractivity contribution in [2.75, 3.05) is 11.4 Å². The van der Waals surface area contributed by atoms with Crippen molar-refractivity contribution < 1.29 is 0 Å². The number of nitrogens with one attached hydrogen (secondary N) is 1. The van der Waals surface area contributed by atoms with Gasteiger partial charge in [0.05, 0.1) is 24.0 Å². The van der Waals surface area contributed by atoms with Crippen molar-refractivity contribution in [3.8, 4) is 0 Å². The van der Waals surface area contributed by atoms with E-state index in [2.05, 4.69) is 15.2 Å². The van der Waals surface area contributed by atoms with Crippen LogP contribution in [-0.2, 0) is 6.54 Å². The van der Waals surface area contributed by atoms with E-state index in [-0.39, 0.29) is 5.84 Å². The van der Waals surface area contributed by atoms with Crippen LogP contribution < -0.4 is 10.6 Å². The second-order valence-corrected chi connectivity index (χ2v) is 4.47. The molecule has 0 aliphatic heterocycles. The molecule has 6 heteroatoms. The fourth-order valence-electron chi connectivity index (χ4n) is 1.99. The molecule has 0 spiro atoms. The van der Waals surface area contributed by atoms with Crippen LogP contribution in [0.4, 0.5) is 5.82 Å². The van der Waals surface area contributed by atoms with Crippen LogP contribution in [0.1, 0.15) is 23.9 Å². The Labute approximate surface area is 118 Å². The lowest BCUT2D eigenvalue weighted by atomic mass is 10.2. The first-order valence-corrected chi connectivity index (χ1v) is 6.45. The number of amidine groups is 1. The monoisotopic (exact) mass is 270 g/mol. The second kappa shape index (κ2) is 6.10. The van der Waals surface area contributed by atoms with Crippen molar-refractivity contribution in [2.45, 2.75) is 20.4 Å². The summed E-state index contributed by atoms with van der Waals surface area (Å²) in [4.78, 5) is 6.49. The van der Waals surface area contributed by atoms with Gasteiger partial charge in [-0.25, -0.2) is 0 Å². The smallest absolute Gasteiger partial charge is 0.162 e. The minimum Gasteiger partial charge on any atom is -0.384 e. The van der Waals surface area contributed by atoms with Gasteiger partial charge in [0.1, 0.15) is 5.84 Å². The van der Waals surface area contributed by atoms with Gasteiger partial charge in [-0.05, 0) is 32.0 Å². The average Bonchev–Trinajstić information content (AvgIpc) is 2.45. The summed E-state index contributed by atoms with van der Waals surface area (Å²) in [5.41, 5.74) is 8.12. The third-order valence-electron chi connectivity index (χ3n) is 2.97. The van der Waals surface area contributed by atoms with Gasteiger partial charge >= 0.3 is 0 Å². The second-order valence-electron chi connectivity index (χ2n) is 4.47. The number of anilines is 1. The minimum atomic E-state index is -0.00875. The highest BCUT2D eigenvalue weighted by Crippen LogP contribution is 2.17. The molecular weight excluding hydrogens is 252 g/mol. The van der Waals surface area contributed by atoms with Crippen LogP contribution in [0.3, 0.4) is 0 Å². The number of nitrogens with two attached hydrogens (primary N) is 1. The molecule has 0 fully saturated rings. The average molecular weight is 270 g/mol. The molecule has 0 unspecified atom stereocenters. The zero-order valence-electron chi connectivity index (χ0n) is 11.7. The molecule has 2 aromatic rings. The first-order chi connectivity index (χ1) is 9.61. The van der Waals surface area contributed by atoms with Gasteiger partial charge in [-0.15, -0.1) is 5.10 Å². The summed E-state index contributed by atoms with van der Waals surface area (Å²) >= 11 is 0. The van der Waals surface area contributed by atoms with Gasteiger partial charge in [0.2, 0.25) is 0 Å². The Bertz CT molecular complexity index is 610. The fourth-order valence-corrected chi connectivity index (χ4v) is 1.99. The number of aryl methyl sites for hydroxylation is 1. The zero-order chi connectivity index (χ0) is 14.5. The number of pyridine rings is 1. The van der Waals surface area contributed by atoms with Crippen molar-refractivity contribution in [3.05, 3.63) is 47.4 Å². The summed E-state index contributed by atoms with van der Waals surface area (Å²) in [6, 6.07) is 7.62. The van der Waals surface area contributed by atoms with Crippen LogP contribution in [0.15, 0.2) is 30.5 Å². The molecule has 0 amide bonds. The van der Waals surface area contributed by atoms with E-state index >= 15 is 0 Å². The van der Waals surface area contributed by atoms with Gasteiger partial charge in [0.25, 0.3) is 0 Å². The molecule has 0 bridgehead atoms. The molecule has 0 aliphatic carbocycles. The van der Waals surface area contributed by atoms with E-state index in [0.29, 0.717) is 17.9 Å². The highest BCUT2D eigenvalue weighted by Gasteiger charge is 2.14. The Morgan fingerprint density at radius 3 is 2.80 bits per heavy atom. The summed E-state index contributed by atoms with van der Waals surface area (Å²) in [6.07, 6.45) is 1.54. The van der Waals surface area contributed by atoms with Crippen LogP contribution in [0.2, 0.25) is 0 Å². The summed E-state index contributed by atoms with van der Waals surface area (Å²) in [7, 11) is 0. The van der Waals surface area contributed by atoms with Crippen LogP contribution in [0, 0.1) is 12.3 Å². The molecule has 0 aromatic carbocycles. The van der Waals surface area contributed by atoms with E-state index < -0.39 is 0 Å². The Hall–Kier alpha value is -2.50. The number of nitrogen functional groups attached to an aromatic ring is 1.